The molecule has 0 bridgehead atoms. The van der Waals surface area contributed by atoms with Gasteiger partial charge in [0.2, 0.25) is 0 Å². The van der Waals surface area contributed by atoms with Crippen LogP contribution in [0.5, 0.6) is 0 Å². The average Bonchev–Trinajstić information content (AvgIpc) is 2.32. The van der Waals surface area contributed by atoms with Gasteiger partial charge in [0, 0.05) is 5.56 Å². The Balaban J connectivity index is 2.27. The van der Waals surface area contributed by atoms with Gasteiger partial charge >= 0.3 is 0 Å². The van der Waals surface area contributed by atoms with Crippen molar-refractivity contribution in [1.29, 1.82) is 0 Å². The standard InChI is InChI=1S/C13H11FN2/c1-2-3-10-4-6-11(7-5-10)13-15-8-12(14)9-16-13/h2,4-9H,1,3H2. The van der Waals surface area contributed by atoms with E-state index >= 15 is 0 Å². The average molecular weight is 214 g/mol. The van der Waals surface area contributed by atoms with Crippen LogP contribution < -0.4 is 0 Å². The normalized spacial score (nSPS) is 10.1. The zero-order valence-electron chi connectivity index (χ0n) is 8.73. The van der Waals surface area contributed by atoms with Gasteiger partial charge in [0.1, 0.15) is 0 Å². The van der Waals surface area contributed by atoms with Gasteiger partial charge in [-0.1, -0.05) is 30.3 Å². The van der Waals surface area contributed by atoms with Crippen LogP contribution >= 0.6 is 0 Å². The Kier molecular flexibility index (Phi) is 3.05. The van der Waals surface area contributed by atoms with E-state index in [9.17, 15) is 4.39 Å². The van der Waals surface area contributed by atoms with Gasteiger partial charge in [-0.05, 0) is 12.0 Å². The Morgan fingerprint density at radius 1 is 1.12 bits per heavy atom. The van der Waals surface area contributed by atoms with Crippen LogP contribution in [0.4, 0.5) is 4.39 Å². The van der Waals surface area contributed by atoms with Crippen molar-refractivity contribution < 1.29 is 4.39 Å². The molecule has 0 saturated carbocycles. The number of rotatable bonds is 3. The molecule has 0 aliphatic heterocycles. The van der Waals surface area contributed by atoms with Gasteiger partial charge < -0.3 is 0 Å². The highest BCUT2D eigenvalue weighted by atomic mass is 19.1. The summed E-state index contributed by atoms with van der Waals surface area (Å²) < 4.78 is 12.6. The Morgan fingerprint density at radius 2 is 1.75 bits per heavy atom. The molecule has 16 heavy (non-hydrogen) atoms. The van der Waals surface area contributed by atoms with E-state index in [1.54, 1.807) is 0 Å². The maximum Gasteiger partial charge on any atom is 0.159 e. The van der Waals surface area contributed by atoms with Gasteiger partial charge in [-0.15, -0.1) is 6.58 Å². The Labute approximate surface area is 93.5 Å². The fourth-order valence-corrected chi connectivity index (χ4v) is 1.42. The smallest absolute Gasteiger partial charge is 0.159 e. The third-order valence-electron chi connectivity index (χ3n) is 2.21. The topological polar surface area (TPSA) is 25.8 Å². The molecule has 0 spiro atoms. The van der Waals surface area contributed by atoms with Crippen LogP contribution in [-0.2, 0) is 6.42 Å². The molecule has 0 aliphatic rings. The molecule has 1 aromatic carbocycles. The number of hydrogen-bond acceptors (Lipinski definition) is 2. The summed E-state index contributed by atoms with van der Waals surface area (Å²) in [7, 11) is 0. The number of aromatic nitrogens is 2. The first-order valence-corrected chi connectivity index (χ1v) is 4.97. The first-order chi connectivity index (χ1) is 7.79. The minimum absolute atomic E-state index is 0.424. The van der Waals surface area contributed by atoms with Crippen LogP contribution in [0.3, 0.4) is 0 Å². The van der Waals surface area contributed by atoms with Gasteiger partial charge in [-0.2, -0.15) is 0 Å². The number of hydrogen-bond donors (Lipinski definition) is 0. The van der Waals surface area contributed by atoms with Crippen molar-refractivity contribution in [2.75, 3.05) is 0 Å². The lowest BCUT2D eigenvalue weighted by atomic mass is 10.1. The Hall–Kier alpha value is -2.03. The molecule has 0 amide bonds. The van der Waals surface area contributed by atoms with Crippen molar-refractivity contribution in [1.82, 2.24) is 9.97 Å². The van der Waals surface area contributed by atoms with Crippen LogP contribution in [0.25, 0.3) is 11.4 Å². The molecule has 0 N–H and O–H groups in total. The van der Waals surface area contributed by atoms with Gasteiger partial charge in [-0.3, -0.25) is 0 Å². The van der Waals surface area contributed by atoms with Crippen LogP contribution in [0.15, 0.2) is 49.3 Å². The molecule has 0 saturated heterocycles. The van der Waals surface area contributed by atoms with Crippen LogP contribution in [0.1, 0.15) is 5.56 Å². The maximum atomic E-state index is 12.6. The molecule has 2 nitrogen and oxygen atoms in total. The van der Waals surface area contributed by atoms with Crippen molar-refractivity contribution in [3.63, 3.8) is 0 Å². The van der Waals surface area contributed by atoms with E-state index in [-0.39, 0.29) is 0 Å². The van der Waals surface area contributed by atoms with Crippen molar-refractivity contribution in [2.24, 2.45) is 0 Å². The zero-order chi connectivity index (χ0) is 11.4. The first-order valence-electron chi connectivity index (χ1n) is 4.97. The highest BCUT2D eigenvalue weighted by Crippen LogP contribution is 2.15. The molecule has 0 atom stereocenters. The number of allylic oxidation sites excluding steroid dienone is 1. The molecular weight excluding hydrogens is 203 g/mol. The lowest BCUT2D eigenvalue weighted by molar-refractivity contribution is 0.614. The van der Waals surface area contributed by atoms with Crippen molar-refractivity contribution in [3.8, 4) is 11.4 Å². The van der Waals surface area contributed by atoms with E-state index in [0.29, 0.717) is 5.82 Å². The van der Waals surface area contributed by atoms with Gasteiger partial charge in [-0.25, -0.2) is 14.4 Å². The highest BCUT2D eigenvalue weighted by molar-refractivity contribution is 5.54. The minimum atomic E-state index is -0.424. The van der Waals surface area contributed by atoms with Crippen LogP contribution in [0.2, 0.25) is 0 Å². The van der Waals surface area contributed by atoms with Gasteiger partial charge in [0.05, 0.1) is 12.4 Å². The predicted molar refractivity (Wildman–Crippen MR) is 61.3 cm³/mol. The molecule has 0 aliphatic carbocycles. The van der Waals surface area contributed by atoms with Crippen LogP contribution in [-0.4, -0.2) is 9.97 Å². The molecule has 1 aromatic heterocycles. The third-order valence-corrected chi connectivity index (χ3v) is 2.21. The Bertz CT molecular complexity index is 474. The summed E-state index contributed by atoms with van der Waals surface area (Å²) in [6, 6.07) is 7.83. The van der Waals surface area contributed by atoms with Crippen LogP contribution in [0, 0.1) is 5.82 Å². The molecule has 0 radical (unpaired) electrons. The second kappa shape index (κ2) is 4.66. The Morgan fingerprint density at radius 3 is 2.31 bits per heavy atom. The molecule has 1 heterocycles. The summed E-state index contributed by atoms with van der Waals surface area (Å²) >= 11 is 0. The minimum Gasteiger partial charge on any atom is -0.233 e. The summed E-state index contributed by atoms with van der Waals surface area (Å²) in [5.41, 5.74) is 2.06. The van der Waals surface area contributed by atoms with Crippen molar-refractivity contribution >= 4 is 0 Å². The second-order valence-electron chi connectivity index (χ2n) is 3.41. The lowest BCUT2D eigenvalue weighted by Gasteiger charge is -2.01. The molecule has 0 unspecified atom stereocenters. The van der Waals surface area contributed by atoms with E-state index in [0.717, 1.165) is 12.0 Å². The summed E-state index contributed by atoms with van der Waals surface area (Å²) in [6.45, 7) is 3.68. The van der Waals surface area contributed by atoms with E-state index in [2.05, 4.69) is 16.5 Å². The van der Waals surface area contributed by atoms with E-state index in [1.165, 1.54) is 18.0 Å². The molecule has 80 valence electrons. The molecule has 2 rings (SSSR count). The van der Waals surface area contributed by atoms with Gasteiger partial charge in [0.15, 0.2) is 11.6 Å². The summed E-state index contributed by atoms with van der Waals surface area (Å²) in [5, 5.41) is 0. The predicted octanol–water partition coefficient (Wildman–Crippen LogP) is 3.01. The van der Waals surface area contributed by atoms with Crippen molar-refractivity contribution in [2.45, 2.75) is 6.42 Å². The largest absolute Gasteiger partial charge is 0.233 e. The second-order valence-corrected chi connectivity index (χ2v) is 3.41. The lowest BCUT2D eigenvalue weighted by Crippen LogP contribution is -1.90. The summed E-state index contributed by atoms with van der Waals surface area (Å²) in [6.07, 6.45) is 5.02. The van der Waals surface area contributed by atoms with E-state index < -0.39 is 5.82 Å². The van der Waals surface area contributed by atoms with Gasteiger partial charge in [0.25, 0.3) is 0 Å². The monoisotopic (exact) mass is 214 g/mol. The molecule has 3 heteroatoms. The molecule has 2 aromatic rings. The molecule has 0 fully saturated rings. The number of halogens is 1. The van der Waals surface area contributed by atoms with E-state index in [1.807, 2.05) is 30.3 Å². The summed E-state index contributed by atoms with van der Waals surface area (Å²) in [4.78, 5) is 7.84. The fourth-order valence-electron chi connectivity index (χ4n) is 1.42. The number of benzene rings is 1. The summed E-state index contributed by atoms with van der Waals surface area (Å²) in [5.74, 6) is 0.110. The number of nitrogens with zero attached hydrogens (tertiary/aromatic N) is 2. The first kappa shape index (κ1) is 10.5. The third kappa shape index (κ3) is 2.31. The quantitative estimate of drug-likeness (QED) is 0.734. The SMILES string of the molecule is C=CCc1ccc(-c2ncc(F)cn2)cc1. The van der Waals surface area contributed by atoms with Crippen molar-refractivity contribution in [3.05, 3.63) is 60.7 Å². The fraction of sp³-hybridized carbons (Fsp3) is 0.0769. The maximum absolute atomic E-state index is 12.6. The highest BCUT2D eigenvalue weighted by Gasteiger charge is 2.00. The van der Waals surface area contributed by atoms with E-state index in [4.69, 9.17) is 0 Å². The molecular formula is C13H11FN2. The zero-order valence-corrected chi connectivity index (χ0v) is 8.73.